The lowest BCUT2D eigenvalue weighted by Gasteiger charge is -1.96. The van der Waals surface area contributed by atoms with Crippen molar-refractivity contribution in [2.75, 3.05) is 0 Å². The lowest BCUT2D eigenvalue weighted by atomic mass is 10.1. The molecule has 1 aliphatic rings. The lowest BCUT2D eigenvalue weighted by molar-refractivity contribution is 0.0983. The summed E-state index contributed by atoms with van der Waals surface area (Å²) in [5.41, 5.74) is 2.47. The highest BCUT2D eigenvalue weighted by atomic mass is 16.2. The first-order valence-electron chi connectivity index (χ1n) is 3.92. The zero-order chi connectivity index (χ0) is 9.42. The van der Waals surface area contributed by atoms with Crippen LogP contribution in [-0.2, 0) is 0 Å². The van der Waals surface area contributed by atoms with E-state index in [2.05, 4.69) is 10.4 Å². The van der Waals surface area contributed by atoms with Gasteiger partial charge in [-0.15, -0.1) is 0 Å². The Morgan fingerprint density at radius 1 is 1.38 bits per heavy atom. The molecule has 0 saturated heterocycles. The maximum absolute atomic E-state index is 11.3. The largest absolute Gasteiger partial charge is 0.321 e. The molecular formula is C9H9N3O. The van der Waals surface area contributed by atoms with Gasteiger partial charge in [0.15, 0.2) is 5.84 Å². The molecule has 0 atom stereocenters. The first-order valence-corrected chi connectivity index (χ1v) is 3.92. The van der Waals surface area contributed by atoms with Crippen LogP contribution in [0.5, 0.6) is 0 Å². The van der Waals surface area contributed by atoms with Crippen molar-refractivity contribution in [3.05, 3.63) is 34.9 Å². The van der Waals surface area contributed by atoms with Gasteiger partial charge in [0.1, 0.15) is 0 Å². The molecule has 13 heavy (non-hydrogen) atoms. The van der Waals surface area contributed by atoms with Gasteiger partial charge >= 0.3 is 0 Å². The Labute approximate surface area is 75.4 Å². The maximum atomic E-state index is 11.3. The average molecular weight is 175 g/mol. The number of nitrogens with one attached hydrogen (secondary N) is 1. The molecule has 4 heteroatoms. The smallest absolute Gasteiger partial charge is 0.257 e. The number of nitrogens with zero attached hydrogens (tertiary/aromatic N) is 1. The number of amides is 1. The first kappa shape index (κ1) is 7.79. The molecule has 1 aromatic carbocycles. The van der Waals surface area contributed by atoms with Gasteiger partial charge in [0, 0.05) is 5.56 Å². The van der Waals surface area contributed by atoms with E-state index in [1.165, 1.54) is 0 Å². The fourth-order valence-electron chi connectivity index (χ4n) is 1.40. The van der Waals surface area contributed by atoms with Crippen molar-refractivity contribution in [3.8, 4) is 0 Å². The zero-order valence-corrected chi connectivity index (χ0v) is 7.16. The molecular weight excluding hydrogens is 166 g/mol. The minimum atomic E-state index is -0.136. The van der Waals surface area contributed by atoms with Crippen LogP contribution in [0.25, 0.3) is 0 Å². The molecule has 1 amide bonds. The molecule has 1 aliphatic heterocycles. The van der Waals surface area contributed by atoms with Crippen LogP contribution in [-0.4, -0.2) is 11.7 Å². The van der Waals surface area contributed by atoms with Crippen molar-refractivity contribution in [1.82, 2.24) is 5.32 Å². The number of carbonyl (C=O) groups is 1. The minimum absolute atomic E-state index is 0.136. The second-order valence-electron chi connectivity index (χ2n) is 2.98. The third-order valence-corrected chi connectivity index (χ3v) is 2.04. The van der Waals surface area contributed by atoms with Crippen molar-refractivity contribution in [2.45, 2.75) is 6.92 Å². The van der Waals surface area contributed by atoms with Crippen LogP contribution in [0.15, 0.2) is 23.3 Å². The van der Waals surface area contributed by atoms with Crippen LogP contribution in [0, 0.1) is 6.92 Å². The molecule has 0 aromatic heterocycles. The number of rotatable bonds is 0. The van der Waals surface area contributed by atoms with Gasteiger partial charge < -0.3 is 11.2 Å². The van der Waals surface area contributed by atoms with Gasteiger partial charge in [-0.05, 0) is 13.0 Å². The zero-order valence-electron chi connectivity index (χ0n) is 7.16. The molecule has 0 bridgehead atoms. The SMILES string of the molecule is Cc1ccc2c(c1)C(=O)NC2=NN. The summed E-state index contributed by atoms with van der Waals surface area (Å²) in [4.78, 5) is 11.3. The quantitative estimate of drug-likeness (QED) is 0.441. The van der Waals surface area contributed by atoms with Crippen molar-refractivity contribution < 1.29 is 4.79 Å². The standard InChI is InChI=1S/C9H9N3O/c1-5-2-3-6-7(4-5)9(13)11-8(6)12-10/h2-4H,10H2,1H3,(H,11,12,13). The Morgan fingerprint density at radius 2 is 2.15 bits per heavy atom. The summed E-state index contributed by atoms with van der Waals surface area (Å²) in [7, 11) is 0. The summed E-state index contributed by atoms with van der Waals surface area (Å²) >= 11 is 0. The summed E-state index contributed by atoms with van der Waals surface area (Å²) < 4.78 is 0. The van der Waals surface area contributed by atoms with Crippen LogP contribution >= 0.6 is 0 Å². The Hall–Kier alpha value is -1.84. The van der Waals surface area contributed by atoms with Crippen molar-refractivity contribution in [1.29, 1.82) is 0 Å². The molecule has 1 aromatic rings. The van der Waals surface area contributed by atoms with E-state index in [0.29, 0.717) is 11.4 Å². The van der Waals surface area contributed by atoms with E-state index in [0.717, 1.165) is 11.1 Å². The van der Waals surface area contributed by atoms with Crippen molar-refractivity contribution >= 4 is 11.7 Å². The van der Waals surface area contributed by atoms with Crippen LogP contribution in [0.4, 0.5) is 0 Å². The second-order valence-corrected chi connectivity index (χ2v) is 2.98. The highest BCUT2D eigenvalue weighted by Crippen LogP contribution is 2.16. The molecule has 66 valence electrons. The highest BCUT2D eigenvalue weighted by molar-refractivity contribution is 6.23. The van der Waals surface area contributed by atoms with E-state index >= 15 is 0 Å². The van der Waals surface area contributed by atoms with E-state index in [1.54, 1.807) is 0 Å². The Balaban J connectivity index is 2.65. The van der Waals surface area contributed by atoms with E-state index in [9.17, 15) is 4.79 Å². The third kappa shape index (κ3) is 1.07. The fourth-order valence-corrected chi connectivity index (χ4v) is 1.40. The van der Waals surface area contributed by atoms with Crippen molar-refractivity contribution in [3.63, 3.8) is 0 Å². The summed E-state index contributed by atoms with van der Waals surface area (Å²) in [6.45, 7) is 1.94. The van der Waals surface area contributed by atoms with Gasteiger partial charge in [-0.25, -0.2) is 0 Å². The molecule has 1 heterocycles. The predicted octanol–water partition coefficient (Wildman–Crippen LogP) is 0.359. The first-order chi connectivity index (χ1) is 6.22. The average Bonchev–Trinajstić information content (AvgIpc) is 2.43. The van der Waals surface area contributed by atoms with Gasteiger partial charge in [-0.3, -0.25) is 4.79 Å². The van der Waals surface area contributed by atoms with Gasteiger partial charge in [-0.2, -0.15) is 5.10 Å². The highest BCUT2D eigenvalue weighted by Gasteiger charge is 2.24. The Kier molecular flexibility index (Phi) is 1.55. The number of amidine groups is 1. The summed E-state index contributed by atoms with van der Waals surface area (Å²) in [6.07, 6.45) is 0. The lowest BCUT2D eigenvalue weighted by Crippen LogP contribution is -2.22. The van der Waals surface area contributed by atoms with E-state index in [1.807, 2.05) is 25.1 Å². The molecule has 0 aliphatic carbocycles. The molecule has 4 nitrogen and oxygen atoms in total. The van der Waals surface area contributed by atoms with Crippen molar-refractivity contribution in [2.24, 2.45) is 10.9 Å². The van der Waals surface area contributed by atoms with E-state index in [4.69, 9.17) is 5.84 Å². The number of nitrogens with two attached hydrogens (primary N) is 1. The van der Waals surface area contributed by atoms with Gasteiger partial charge in [0.25, 0.3) is 5.91 Å². The van der Waals surface area contributed by atoms with E-state index in [-0.39, 0.29) is 5.91 Å². The normalized spacial score (nSPS) is 17.3. The summed E-state index contributed by atoms with van der Waals surface area (Å²) in [5.74, 6) is 5.43. The molecule has 3 N–H and O–H groups in total. The minimum Gasteiger partial charge on any atom is -0.321 e. The molecule has 0 saturated carbocycles. The van der Waals surface area contributed by atoms with Gasteiger partial charge in [0.05, 0.1) is 5.56 Å². The van der Waals surface area contributed by atoms with Crippen LogP contribution in [0.2, 0.25) is 0 Å². The van der Waals surface area contributed by atoms with Gasteiger partial charge in [-0.1, -0.05) is 17.7 Å². The Morgan fingerprint density at radius 3 is 2.85 bits per heavy atom. The molecule has 0 radical (unpaired) electrons. The number of benzene rings is 1. The van der Waals surface area contributed by atoms with Crippen LogP contribution in [0.1, 0.15) is 21.5 Å². The number of hydrogen-bond donors (Lipinski definition) is 2. The number of carbonyl (C=O) groups excluding carboxylic acids is 1. The second kappa shape index (κ2) is 2.58. The number of aryl methyl sites for hydroxylation is 1. The fraction of sp³-hybridized carbons (Fsp3) is 0.111. The number of hydrogen-bond acceptors (Lipinski definition) is 3. The van der Waals surface area contributed by atoms with E-state index < -0.39 is 0 Å². The van der Waals surface area contributed by atoms with Crippen LogP contribution in [0.3, 0.4) is 0 Å². The summed E-state index contributed by atoms with van der Waals surface area (Å²) in [5, 5.41) is 6.08. The molecule has 2 rings (SSSR count). The molecule has 0 unspecified atom stereocenters. The third-order valence-electron chi connectivity index (χ3n) is 2.04. The monoisotopic (exact) mass is 175 g/mol. The van der Waals surface area contributed by atoms with Gasteiger partial charge in [0.2, 0.25) is 0 Å². The maximum Gasteiger partial charge on any atom is 0.257 e. The Bertz CT molecular complexity index is 409. The molecule has 0 fully saturated rings. The number of hydrazone groups is 1. The number of fused-ring (bicyclic) bond motifs is 1. The predicted molar refractivity (Wildman–Crippen MR) is 49.4 cm³/mol. The molecule has 0 spiro atoms. The van der Waals surface area contributed by atoms with Crippen LogP contribution < -0.4 is 11.2 Å². The summed E-state index contributed by atoms with van der Waals surface area (Å²) in [6, 6.07) is 5.58. The topological polar surface area (TPSA) is 67.5 Å².